The Labute approximate surface area is 163 Å². The van der Waals surface area contributed by atoms with Gasteiger partial charge in [0.05, 0.1) is 7.11 Å². The van der Waals surface area contributed by atoms with Gasteiger partial charge in [-0.2, -0.15) is 13.2 Å². The van der Waals surface area contributed by atoms with Crippen molar-refractivity contribution >= 4 is 18.3 Å². The van der Waals surface area contributed by atoms with Crippen LogP contribution in [0.4, 0.5) is 13.2 Å². The summed E-state index contributed by atoms with van der Waals surface area (Å²) in [4.78, 5) is 12.0. The zero-order valence-corrected chi connectivity index (χ0v) is 16.0. The van der Waals surface area contributed by atoms with E-state index in [-0.39, 0.29) is 29.8 Å². The molecular formula is C18H26ClF3N2O3. The van der Waals surface area contributed by atoms with Crippen LogP contribution in [0.3, 0.4) is 0 Å². The molecule has 0 unspecified atom stereocenters. The SMILES string of the molecule is COc1cc(CNC(=O)CCC2CCNCC2)ccc1OCC(F)(F)F.Cl. The van der Waals surface area contributed by atoms with Gasteiger partial charge in [0.15, 0.2) is 18.1 Å². The van der Waals surface area contributed by atoms with Gasteiger partial charge < -0.3 is 20.1 Å². The third-order valence-electron chi connectivity index (χ3n) is 4.35. The largest absolute Gasteiger partial charge is 0.493 e. The predicted octanol–water partition coefficient (Wildman–Crippen LogP) is 3.45. The predicted molar refractivity (Wildman–Crippen MR) is 98.5 cm³/mol. The van der Waals surface area contributed by atoms with Crippen molar-refractivity contribution in [2.75, 3.05) is 26.8 Å². The summed E-state index contributed by atoms with van der Waals surface area (Å²) in [6.45, 7) is 0.931. The van der Waals surface area contributed by atoms with E-state index < -0.39 is 12.8 Å². The van der Waals surface area contributed by atoms with E-state index >= 15 is 0 Å². The molecule has 0 atom stereocenters. The van der Waals surface area contributed by atoms with E-state index in [1.54, 1.807) is 12.1 Å². The highest BCUT2D eigenvalue weighted by atomic mass is 35.5. The first-order valence-corrected chi connectivity index (χ1v) is 8.71. The number of piperidine rings is 1. The van der Waals surface area contributed by atoms with E-state index in [1.807, 2.05) is 0 Å². The number of carbonyl (C=O) groups is 1. The van der Waals surface area contributed by atoms with Crippen LogP contribution in [0.2, 0.25) is 0 Å². The molecule has 0 spiro atoms. The fraction of sp³-hybridized carbons (Fsp3) is 0.611. The van der Waals surface area contributed by atoms with Gasteiger partial charge in [0, 0.05) is 13.0 Å². The van der Waals surface area contributed by atoms with Crippen molar-refractivity contribution in [2.24, 2.45) is 5.92 Å². The molecule has 0 saturated carbocycles. The lowest BCUT2D eigenvalue weighted by Gasteiger charge is -2.22. The van der Waals surface area contributed by atoms with Gasteiger partial charge in [-0.05, 0) is 56.0 Å². The molecule has 2 N–H and O–H groups in total. The maximum atomic E-state index is 12.3. The number of carbonyl (C=O) groups excluding carboxylic acids is 1. The van der Waals surface area contributed by atoms with Gasteiger partial charge in [0.25, 0.3) is 0 Å². The Balaban J connectivity index is 0.00000364. The van der Waals surface area contributed by atoms with E-state index in [0.717, 1.165) is 37.9 Å². The second kappa shape index (κ2) is 11.2. The summed E-state index contributed by atoms with van der Waals surface area (Å²) in [5.41, 5.74) is 0.733. The van der Waals surface area contributed by atoms with Gasteiger partial charge in [-0.3, -0.25) is 4.79 Å². The molecule has 1 aliphatic rings. The molecule has 1 amide bonds. The van der Waals surface area contributed by atoms with Crippen molar-refractivity contribution < 1.29 is 27.4 Å². The lowest BCUT2D eigenvalue weighted by Crippen LogP contribution is -2.29. The average Bonchev–Trinajstić information content (AvgIpc) is 2.63. The fourth-order valence-electron chi connectivity index (χ4n) is 2.90. The highest BCUT2D eigenvalue weighted by molar-refractivity contribution is 5.85. The lowest BCUT2D eigenvalue weighted by atomic mass is 9.93. The molecule has 1 aliphatic heterocycles. The Morgan fingerprint density at radius 2 is 1.96 bits per heavy atom. The molecule has 154 valence electrons. The van der Waals surface area contributed by atoms with Crippen molar-refractivity contribution in [3.63, 3.8) is 0 Å². The van der Waals surface area contributed by atoms with Crippen molar-refractivity contribution in [3.8, 4) is 11.5 Å². The van der Waals surface area contributed by atoms with Crippen molar-refractivity contribution in [1.29, 1.82) is 0 Å². The summed E-state index contributed by atoms with van der Waals surface area (Å²) in [7, 11) is 1.36. The normalized spacial score (nSPS) is 15.0. The summed E-state index contributed by atoms with van der Waals surface area (Å²) in [5.74, 6) is 0.786. The maximum absolute atomic E-state index is 12.3. The minimum absolute atomic E-state index is 0. The molecule has 0 aromatic heterocycles. The Morgan fingerprint density at radius 3 is 2.59 bits per heavy atom. The van der Waals surface area contributed by atoms with E-state index in [0.29, 0.717) is 18.9 Å². The number of hydrogen-bond donors (Lipinski definition) is 2. The first-order chi connectivity index (χ1) is 12.4. The maximum Gasteiger partial charge on any atom is 0.422 e. The third-order valence-corrected chi connectivity index (χ3v) is 4.35. The second-order valence-corrected chi connectivity index (χ2v) is 6.40. The standard InChI is InChI=1S/C18H25F3N2O3.ClH/c1-25-16-10-14(2-4-15(16)26-12-18(19,20)21)11-23-17(24)5-3-13-6-8-22-9-7-13;/h2,4,10,13,22H,3,5-9,11-12H2,1H3,(H,23,24);1H. The fourth-order valence-corrected chi connectivity index (χ4v) is 2.90. The minimum Gasteiger partial charge on any atom is -0.493 e. The topological polar surface area (TPSA) is 59.6 Å². The Kier molecular flexibility index (Phi) is 9.73. The van der Waals surface area contributed by atoms with E-state index in [9.17, 15) is 18.0 Å². The molecule has 1 aromatic carbocycles. The number of amides is 1. The Bertz CT molecular complexity index is 594. The average molecular weight is 411 g/mol. The van der Waals surface area contributed by atoms with Crippen LogP contribution in [0, 0.1) is 5.92 Å². The van der Waals surface area contributed by atoms with Crippen molar-refractivity contribution in [1.82, 2.24) is 10.6 Å². The second-order valence-electron chi connectivity index (χ2n) is 6.40. The van der Waals surface area contributed by atoms with Gasteiger partial charge in [0.2, 0.25) is 5.91 Å². The number of benzene rings is 1. The highest BCUT2D eigenvalue weighted by Gasteiger charge is 2.29. The summed E-state index contributed by atoms with van der Waals surface area (Å²) in [5, 5.41) is 6.13. The summed E-state index contributed by atoms with van der Waals surface area (Å²) in [6, 6.07) is 4.60. The molecule has 0 radical (unpaired) electrons. The van der Waals surface area contributed by atoms with Crippen molar-refractivity contribution in [2.45, 2.75) is 38.4 Å². The number of rotatable bonds is 8. The van der Waals surface area contributed by atoms with E-state index in [4.69, 9.17) is 9.47 Å². The molecule has 2 rings (SSSR count). The van der Waals surface area contributed by atoms with Crippen LogP contribution in [-0.2, 0) is 11.3 Å². The third kappa shape index (κ3) is 8.71. The van der Waals surface area contributed by atoms with Crippen LogP contribution >= 0.6 is 12.4 Å². The van der Waals surface area contributed by atoms with Gasteiger partial charge >= 0.3 is 6.18 Å². The van der Waals surface area contributed by atoms with Crippen LogP contribution in [0.15, 0.2) is 18.2 Å². The number of nitrogens with one attached hydrogen (secondary N) is 2. The van der Waals surface area contributed by atoms with Gasteiger partial charge in [-0.25, -0.2) is 0 Å². The quantitative estimate of drug-likeness (QED) is 0.689. The number of hydrogen-bond acceptors (Lipinski definition) is 4. The minimum atomic E-state index is -4.41. The molecule has 1 fully saturated rings. The zero-order chi connectivity index (χ0) is 19.0. The van der Waals surface area contributed by atoms with Crippen LogP contribution in [0.1, 0.15) is 31.2 Å². The van der Waals surface area contributed by atoms with Gasteiger partial charge in [-0.15, -0.1) is 12.4 Å². The number of alkyl halides is 3. The highest BCUT2D eigenvalue weighted by Crippen LogP contribution is 2.29. The van der Waals surface area contributed by atoms with E-state index in [1.165, 1.54) is 13.2 Å². The number of methoxy groups -OCH3 is 1. The summed E-state index contributed by atoms with van der Waals surface area (Å²) >= 11 is 0. The van der Waals surface area contributed by atoms with Crippen LogP contribution in [0.5, 0.6) is 11.5 Å². The Hall–Kier alpha value is -1.67. The van der Waals surface area contributed by atoms with Gasteiger partial charge in [0.1, 0.15) is 0 Å². The molecule has 5 nitrogen and oxygen atoms in total. The van der Waals surface area contributed by atoms with Crippen molar-refractivity contribution in [3.05, 3.63) is 23.8 Å². The molecule has 0 bridgehead atoms. The first kappa shape index (κ1) is 23.4. The van der Waals surface area contributed by atoms with Crippen LogP contribution < -0.4 is 20.1 Å². The molecule has 0 aliphatic carbocycles. The van der Waals surface area contributed by atoms with E-state index in [2.05, 4.69) is 10.6 Å². The summed E-state index contributed by atoms with van der Waals surface area (Å²) < 4.78 is 46.6. The van der Waals surface area contributed by atoms with Crippen LogP contribution in [0.25, 0.3) is 0 Å². The van der Waals surface area contributed by atoms with Crippen LogP contribution in [-0.4, -0.2) is 38.9 Å². The number of halogens is 4. The molecule has 1 aromatic rings. The lowest BCUT2D eigenvalue weighted by molar-refractivity contribution is -0.153. The summed E-state index contributed by atoms with van der Waals surface area (Å²) in [6.07, 6.45) is -0.852. The first-order valence-electron chi connectivity index (χ1n) is 8.71. The molecule has 27 heavy (non-hydrogen) atoms. The molecule has 9 heteroatoms. The van der Waals surface area contributed by atoms with Gasteiger partial charge in [-0.1, -0.05) is 6.07 Å². The Morgan fingerprint density at radius 1 is 1.26 bits per heavy atom. The monoisotopic (exact) mass is 410 g/mol. The molecule has 1 saturated heterocycles. The molecule has 1 heterocycles. The zero-order valence-electron chi connectivity index (χ0n) is 15.2. The number of ether oxygens (including phenoxy) is 2. The smallest absolute Gasteiger partial charge is 0.422 e. The molecular weight excluding hydrogens is 385 g/mol.